The van der Waals surface area contributed by atoms with E-state index in [2.05, 4.69) is 10.2 Å². The SMILES string of the molecule is COc1ccc([C@H](CNC(=O)CCOc2ccccc2)N(C)C)cc1. The molecule has 0 radical (unpaired) electrons. The predicted molar refractivity (Wildman–Crippen MR) is 99.0 cm³/mol. The number of carbonyl (C=O) groups is 1. The fraction of sp³-hybridized carbons (Fsp3) is 0.350. The average molecular weight is 342 g/mol. The number of amides is 1. The van der Waals surface area contributed by atoms with Crippen LogP contribution in [0.2, 0.25) is 0 Å². The number of hydrogen-bond acceptors (Lipinski definition) is 4. The van der Waals surface area contributed by atoms with E-state index in [1.807, 2.05) is 68.7 Å². The highest BCUT2D eigenvalue weighted by Gasteiger charge is 2.15. The summed E-state index contributed by atoms with van der Waals surface area (Å²) in [4.78, 5) is 14.1. The molecule has 0 heterocycles. The van der Waals surface area contributed by atoms with E-state index < -0.39 is 0 Å². The Hall–Kier alpha value is -2.53. The van der Waals surface area contributed by atoms with Crippen molar-refractivity contribution in [3.8, 4) is 11.5 Å². The zero-order chi connectivity index (χ0) is 18.1. The first-order valence-electron chi connectivity index (χ1n) is 8.35. The molecule has 1 atom stereocenters. The lowest BCUT2D eigenvalue weighted by atomic mass is 10.1. The molecular weight excluding hydrogens is 316 g/mol. The number of rotatable bonds is 9. The maximum atomic E-state index is 12.1. The lowest BCUT2D eigenvalue weighted by Crippen LogP contribution is -2.35. The number of para-hydroxylation sites is 1. The van der Waals surface area contributed by atoms with Crippen molar-refractivity contribution in [1.82, 2.24) is 10.2 Å². The van der Waals surface area contributed by atoms with E-state index in [1.54, 1.807) is 7.11 Å². The quantitative estimate of drug-likeness (QED) is 0.761. The van der Waals surface area contributed by atoms with Gasteiger partial charge in [-0.2, -0.15) is 0 Å². The van der Waals surface area contributed by atoms with E-state index in [4.69, 9.17) is 9.47 Å². The van der Waals surface area contributed by atoms with Crippen molar-refractivity contribution in [2.75, 3.05) is 34.4 Å². The highest BCUT2D eigenvalue weighted by molar-refractivity contribution is 5.76. The van der Waals surface area contributed by atoms with Crippen LogP contribution < -0.4 is 14.8 Å². The summed E-state index contributed by atoms with van der Waals surface area (Å²) in [5.41, 5.74) is 1.13. The van der Waals surface area contributed by atoms with Gasteiger partial charge < -0.3 is 19.7 Å². The summed E-state index contributed by atoms with van der Waals surface area (Å²) in [5, 5.41) is 2.99. The van der Waals surface area contributed by atoms with Crippen LogP contribution in [0.1, 0.15) is 18.0 Å². The molecule has 2 aromatic rings. The molecule has 0 aliphatic carbocycles. The summed E-state index contributed by atoms with van der Waals surface area (Å²) in [6.45, 7) is 0.911. The van der Waals surface area contributed by atoms with Crippen LogP contribution in [0.5, 0.6) is 11.5 Å². The summed E-state index contributed by atoms with van der Waals surface area (Å²) in [6, 6.07) is 17.5. The molecule has 0 fully saturated rings. The van der Waals surface area contributed by atoms with Gasteiger partial charge in [-0.3, -0.25) is 4.79 Å². The summed E-state index contributed by atoms with van der Waals surface area (Å²) in [6.07, 6.45) is 0.331. The third kappa shape index (κ3) is 6.12. The van der Waals surface area contributed by atoms with Crippen LogP contribution in [0, 0.1) is 0 Å². The normalized spacial score (nSPS) is 11.8. The molecule has 0 saturated heterocycles. The van der Waals surface area contributed by atoms with E-state index in [0.717, 1.165) is 17.1 Å². The Morgan fingerprint density at radius 2 is 1.72 bits per heavy atom. The number of likely N-dealkylation sites (N-methyl/N-ethyl adjacent to an activating group) is 1. The zero-order valence-electron chi connectivity index (χ0n) is 15.1. The van der Waals surface area contributed by atoms with Gasteiger partial charge in [0.15, 0.2) is 0 Å². The predicted octanol–water partition coefficient (Wildman–Crippen LogP) is 2.88. The van der Waals surface area contributed by atoms with Crippen LogP contribution in [-0.4, -0.2) is 45.2 Å². The van der Waals surface area contributed by atoms with Crippen molar-refractivity contribution in [2.45, 2.75) is 12.5 Å². The van der Waals surface area contributed by atoms with Crippen molar-refractivity contribution >= 4 is 5.91 Å². The molecule has 5 heteroatoms. The molecule has 0 aromatic heterocycles. The third-order valence-corrected chi connectivity index (χ3v) is 3.96. The van der Waals surface area contributed by atoms with Crippen LogP contribution in [0.25, 0.3) is 0 Å². The molecular formula is C20H26N2O3. The topological polar surface area (TPSA) is 50.8 Å². The Kier molecular flexibility index (Phi) is 7.29. The first-order chi connectivity index (χ1) is 12.1. The highest BCUT2D eigenvalue weighted by Crippen LogP contribution is 2.20. The number of nitrogens with zero attached hydrogens (tertiary/aromatic N) is 1. The molecule has 0 bridgehead atoms. The summed E-state index contributed by atoms with van der Waals surface area (Å²) >= 11 is 0. The minimum atomic E-state index is -0.0173. The summed E-state index contributed by atoms with van der Waals surface area (Å²) < 4.78 is 10.7. The lowest BCUT2D eigenvalue weighted by Gasteiger charge is -2.25. The third-order valence-electron chi connectivity index (χ3n) is 3.96. The van der Waals surface area contributed by atoms with Gasteiger partial charge in [-0.05, 0) is 43.9 Å². The highest BCUT2D eigenvalue weighted by atomic mass is 16.5. The Bertz CT molecular complexity index is 642. The molecule has 1 amide bonds. The first kappa shape index (κ1) is 18.8. The van der Waals surface area contributed by atoms with Gasteiger partial charge in [-0.1, -0.05) is 30.3 Å². The monoisotopic (exact) mass is 342 g/mol. The van der Waals surface area contributed by atoms with Crippen molar-refractivity contribution in [3.63, 3.8) is 0 Å². The maximum absolute atomic E-state index is 12.1. The van der Waals surface area contributed by atoms with Gasteiger partial charge >= 0.3 is 0 Å². The number of methoxy groups -OCH3 is 1. The minimum absolute atomic E-state index is 0.0173. The van der Waals surface area contributed by atoms with Crippen LogP contribution in [0.3, 0.4) is 0 Å². The van der Waals surface area contributed by atoms with E-state index in [0.29, 0.717) is 19.6 Å². The first-order valence-corrected chi connectivity index (χ1v) is 8.35. The number of ether oxygens (including phenoxy) is 2. The van der Waals surface area contributed by atoms with Crippen molar-refractivity contribution < 1.29 is 14.3 Å². The van der Waals surface area contributed by atoms with Gasteiger partial charge in [-0.25, -0.2) is 0 Å². The molecule has 5 nitrogen and oxygen atoms in total. The smallest absolute Gasteiger partial charge is 0.223 e. The Morgan fingerprint density at radius 1 is 1.04 bits per heavy atom. The molecule has 2 aromatic carbocycles. The lowest BCUT2D eigenvalue weighted by molar-refractivity contribution is -0.121. The van der Waals surface area contributed by atoms with Gasteiger partial charge in [0.2, 0.25) is 5.91 Å². The maximum Gasteiger partial charge on any atom is 0.223 e. The largest absolute Gasteiger partial charge is 0.497 e. The van der Waals surface area contributed by atoms with Gasteiger partial charge in [0, 0.05) is 6.54 Å². The van der Waals surface area contributed by atoms with Gasteiger partial charge in [-0.15, -0.1) is 0 Å². The number of hydrogen-bond donors (Lipinski definition) is 1. The Morgan fingerprint density at radius 3 is 2.32 bits per heavy atom. The second-order valence-corrected chi connectivity index (χ2v) is 5.97. The molecule has 0 spiro atoms. The van der Waals surface area contributed by atoms with E-state index in [-0.39, 0.29) is 11.9 Å². The van der Waals surface area contributed by atoms with E-state index in [1.165, 1.54) is 0 Å². The van der Waals surface area contributed by atoms with Crippen molar-refractivity contribution in [3.05, 3.63) is 60.2 Å². The van der Waals surface area contributed by atoms with Gasteiger partial charge in [0.1, 0.15) is 11.5 Å². The molecule has 0 aliphatic rings. The van der Waals surface area contributed by atoms with Crippen LogP contribution in [0.4, 0.5) is 0 Å². The van der Waals surface area contributed by atoms with Crippen LogP contribution in [-0.2, 0) is 4.79 Å². The molecule has 1 N–H and O–H groups in total. The van der Waals surface area contributed by atoms with Crippen molar-refractivity contribution in [2.24, 2.45) is 0 Å². The summed E-state index contributed by atoms with van der Waals surface area (Å²) in [5.74, 6) is 1.58. The van der Waals surface area contributed by atoms with Crippen molar-refractivity contribution in [1.29, 1.82) is 0 Å². The number of benzene rings is 2. The van der Waals surface area contributed by atoms with E-state index in [9.17, 15) is 4.79 Å². The van der Waals surface area contributed by atoms with E-state index >= 15 is 0 Å². The molecule has 0 saturated carbocycles. The average Bonchev–Trinajstić information content (AvgIpc) is 2.63. The molecule has 0 unspecified atom stereocenters. The standard InChI is InChI=1S/C20H26N2O3/c1-22(2)19(16-9-11-17(24-3)12-10-16)15-21-20(23)13-14-25-18-7-5-4-6-8-18/h4-12,19H,13-15H2,1-3H3,(H,21,23)/t19-/m0/s1. The van der Waals surface area contributed by atoms with Crippen LogP contribution >= 0.6 is 0 Å². The second-order valence-electron chi connectivity index (χ2n) is 5.97. The van der Waals surface area contributed by atoms with Crippen LogP contribution in [0.15, 0.2) is 54.6 Å². The zero-order valence-corrected chi connectivity index (χ0v) is 15.1. The Labute approximate surface area is 149 Å². The molecule has 2 rings (SSSR count). The second kappa shape index (κ2) is 9.69. The molecule has 134 valence electrons. The summed E-state index contributed by atoms with van der Waals surface area (Å²) in [7, 11) is 5.65. The Balaban J connectivity index is 1.80. The minimum Gasteiger partial charge on any atom is -0.497 e. The molecule has 25 heavy (non-hydrogen) atoms. The fourth-order valence-corrected chi connectivity index (χ4v) is 2.50. The fourth-order valence-electron chi connectivity index (χ4n) is 2.50. The number of nitrogens with one attached hydrogen (secondary N) is 1. The number of carbonyl (C=O) groups excluding carboxylic acids is 1. The van der Waals surface area contributed by atoms with Gasteiger partial charge in [0.05, 0.1) is 26.2 Å². The van der Waals surface area contributed by atoms with Gasteiger partial charge in [0.25, 0.3) is 0 Å². The molecule has 0 aliphatic heterocycles.